The van der Waals surface area contributed by atoms with Crippen LogP contribution in [0.5, 0.6) is 0 Å². The zero-order chi connectivity index (χ0) is 16.3. The van der Waals surface area contributed by atoms with Gasteiger partial charge < -0.3 is 14.7 Å². The van der Waals surface area contributed by atoms with Crippen molar-refractivity contribution in [3.8, 4) is 0 Å². The van der Waals surface area contributed by atoms with Crippen LogP contribution in [-0.4, -0.2) is 23.5 Å². The van der Waals surface area contributed by atoms with Crippen LogP contribution in [0.2, 0.25) is 10.0 Å². The lowest BCUT2D eigenvalue weighted by Crippen LogP contribution is -2.36. The molecule has 1 heterocycles. The highest BCUT2D eigenvalue weighted by Gasteiger charge is 2.19. The number of nitrogens with zero attached hydrogens (tertiary/aromatic N) is 2. The third-order valence-electron chi connectivity index (χ3n) is 2.78. The number of amides is 2. The van der Waals surface area contributed by atoms with Gasteiger partial charge in [-0.15, -0.1) is 0 Å². The zero-order valence-corrected chi connectivity index (χ0v) is 13.4. The second-order valence-electron chi connectivity index (χ2n) is 4.57. The van der Waals surface area contributed by atoms with E-state index in [9.17, 15) is 9.59 Å². The van der Waals surface area contributed by atoms with Crippen molar-refractivity contribution >= 4 is 46.5 Å². The van der Waals surface area contributed by atoms with Crippen LogP contribution in [0.25, 0.3) is 0 Å². The first-order chi connectivity index (χ1) is 10.4. The van der Waals surface area contributed by atoms with Crippen LogP contribution in [0.4, 0.5) is 11.5 Å². The number of hydrogen-bond donors (Lipinski definition) is 1. The third kappa shape index (κ3) is 3.99. The average molecular weight is 342 g/mol. The summed E-state index contributed by atoms with van der Waals surface area (Å²) in [6.45, 7) is 2.85. The number of halogens is 2. The zero-order valence-electron chi connectivity index (χ0n) is 11.9. The highest BCUT2D eigenvalue weighted by Crippen LogP contribution is 2.28. The molecule has 1 aromatic carbocycles. The molecule has 0 aliphatic heterocycles. The average Bonchev–Trinajstić information content (AvgIpc) is 2.82. The molecule has 0 saturated heterocycles. The summed E-state index contributed by atoms with van der Waals surface area (Å²) >= 11 is 11.9. The molecule has 0 radical (unpaired) electrons. The molecule has 0 bridgehead atoms. The molecule has 116 valence electrons. The van der Waals surface area contributed by atoms with Crippen LogP contribution in [0.15, 0.2) is 28.8 Å². The summed E-state index contributed by atoms with van der Waals surface area (Å²) in [6.07, 6.45) is 0. The van der Waals surface area contributed by atoms with Crippen molar-refractivity contribution in [1.82, 2.24) is 5.16 Å². The van der Waals surface area contributed by atoms with Crippen LogP contribution in [0.1, 0.15) is 12.7 Å². The molecule has 0 unspecified atom stereocenters. The van der Waals surface area contributed by atoms with E-state index in [0.29, 0.717) is 16.5 Å². The minimum absolute atomic E-state index is 0.206. The first-order valence-corrected chi connectivity index (χ1v) is 7.08. The second-order valence-corrected chi connectivity index (χ2v) is 5.42. The summed E-state index contributed by atoms with van der Waals surface area (Å²) in [4.78, 5) is 25.1. The smallest absolute Gasteiger partial charge is 0.245 e. The number of nitrogens with one attached hydrogen (secondary N) is 1. The number of aromatic nitrogens is 1. The van der Waals surface area contributed by atoms with Crippen molar-refractivity contribution in [3.63, 3.8) is 0 Å². The fourth-order valence-electron chi connectivity index (χ4n) is 1.82. The van der Waals surface area contributed by atoms with E-state index in [0.717, 1.165) is 0 Å². The standard InChI is InChI=1S/C14H13Cl2N3O3/c1-8-5-13(18-22-8)17-14(21)7-19(9(2)20)12-4-3-10(15)6-11(12)16/h3-6H,7H2,1-2H3,(H,17,18,21). The molecular weight excluding hydrogens is 329 g/mol. The van der Waals surface area contributed by atoms with E-state index in [1.54, 1.807) is 25.1 Å². The van der Waals surface area contributed by atoms with Gasteiger partial charge in [0.2, 0.25) is 11.8 Å². The number of rotatable bonds is 4. The molecule has 8 heteroatoms. The van der Waals surface area contributed by atoms with E-state index in [1.807, 2.05) is 0 Å². The lowest BCUT2D eigenvalue weighted by molar-refractivity contribution is -0.120. The van der Waals surface area contributed by atoms with E-state index in [1.165, 1.54) is 17.9 Å². The summed E-state index contributed by atoms with van der Waals surface area (Å²) in [5.74, 6) is 0.109. The van der Waals surface area contributed by atoms with Gasteiger partial charge in [-0.2, -0.15) is 0 Å². The molecule has 2 rings (SSSR count). The Morgan fingerprint density at radius 1 is 1.32 bits per heavy atom. The van der Waals surface area contributed by atoms with E-state index in [-0.39, 0.29) is 23.3 Å². The SMILES string of the molecule is CC(=O)N(CC(=O)Nc1cc(C)on1)c1ccc(Cl)cc1Cl. The molecular formula is C14H13Cl2N3O3. The van der Waals surface area contributed by atoms with Crippen molar-refractivity contribution in [3.05, 3.63) is 40.1 Å². The van der Waals surface area contributed by atoms with Crippen molar-refractivity contribution in [2.24, 2.45) is 0 Å². The van der Waals surface area contributed by atoms with Crippen LogP contribution in [-0.2, 0) is 9.59 Å². The molecule has 0 spiro atoms. The van der Waals surface area contributed by atoms with Gasteiger partial charge >= 0.3 is 0 Å². The lowest BCUT2D eigenvalue weighted by atomic mass is 10.2. The van der Waals surface area contributed by atoms with Gasteiger partial charge in [-0.3, -0.25) is 9.59 Å². The normalized spacial score (nSPS) is 10.4. The van der Waals surface area contributed by atoms with Gasteiger partial charge in [0.1, 0.15) is 12.3 Å². The number of anilines is 2. The monoisotopic (exact) mass is 341 g/mol. The summed E-state index contributed by atoms with van der Waals surface area (Å²) < 4.78 is 4.85. The maximum absolute atomic E-state index is 12.0. The molecule has 2 aromatic rings. The van der Waals surface area contributed by atoms with Crippen molar-refractivity contribution in [1.29, 1.82) is 0 Å². The van der Waals surface area contributed by atoms with Gasteiger partial charge in [0, 0.05) is 18.0 Å². The van der Waals surface area contributed by atoms with E-state index >= 15 is 0 Å². The first kappa shape index (κ1) is 16.3. The Hall–Kier alpha value is -2.05. The Morgan fingerprint density at radius 2 is 2.05 bits per heavy atom. The highest BCUT2D eigenvalue weighted by atomic mass is 35.5. The molecule has 6 nitrogen and oxygen atoms in total. The van der Waals surface area contributed by atoms with E-state index < -0.39 is 5.91 Å². The Morgan fingerprint density at radius 3 is 2.59 bits per heavy atom. The molecule has 0 saturated carbocycles. The quantitative estimate of drug-likeness (QED) is 0.925. The van der Waals surface area contributed by atoms with Gasteiger partial charge in [-0.1, -0.05) is 28.4 Å². The van der Waals surface area contributed by atoms with E-state index in [4.69, 9.17) is 27.7 Å². The first-order valence-electron chi connectivity index (χ1n) is 6.33. The van der Waals surface area contributed by atoms with Gasteiger partial charge in [-0.25, -0.2) is 0 Å². The second kappa shape index (κ2) is 6.81. The summed E-state index contributed by atoms with van der Waals surface area (Å²) in [5.41, 5.74) is 0.407. The topological polar surface area (TPSA) is 75.4 Å². The molecule has 0 fully saturated rings. The van der Waals surface area contributed by atoms with Crippen LogP contribution < -0.4 is 10.2 Å². The van der Waals surface area contributed by atoms with Crippen LogP contribution in [0, 0.1) is 6.92 Å². The maximum Gasteiger partial charge on any atom is 0.245 e. The predicted octanol–water partition coefficient (Wildman–Crippen LogP) is 3.28. The highest BCUT2D eigenvalue weighted by molar-refractivity contribution is 6.36. The molecule has 2 amide bonds. The van der Waals surface area contributed by atoms with Crippen LogP contribution in [0.3, 0.4) is 0 Å². The number of aryl methyl sites for hydroxylation is 1. The number of benzene rings is 1. The summed E-state index contributed by atoms with van der Waals surface area (Å²) in [7, 11) is 0. The Labute approximate surface area is 137 Å². The Balaban J connectivity index is 2.15. The van der Waals surface area contributed by atoms with Gasteiger partial charge in [0.05, 0.1) is 10.7 Å². The lowest BCUT2D eigenvalue weighted by Gasteiger charge is -2.21. The summed E-state index contributed by atoms with van der Waals surface area (Å²) in [6, 6.07) is 6.26. The summed E-state index contributed by atoms with van der Waals surface area (Å²) in [5, 5.41) is 6.93. The Bertz CT molecular complexity index is 715. The predicted molar refractivity (Wildman–Crippen MR) is 84.4 cm³/mol. The minimum Gasteiger partial charge on any atom is -0.360 e. The fourth-order valence-corrected chi connectivity index (χ4v) is 2.33. The number of carbonyl (C=O) groups is 2. The fraction of sp³-hybridized carbons (Fsp3) is 0.214. The largest absolute Gasteiger partial charge is 0.360 e. The minimum atomic E-state index is -0.422. The molecule has 1 aromatic heterocycles. The molecule has 1 N–H and O–H groups in total. The molecule has 0 aliphatic rings. The third-order valence-corrected chi connectivity index (χ3v) is 3.32. The van der Waals surface area contributed by atoms with Crippen molar-refractivity contribution < 1.29 is 14.1 Å². The van der Waals surface area contributed by atoms with Gasteiger partial charge in [0.25, 0.3) is 0 Å². The van der Waals surface area contributed by atoms with Crippen molar-refractivity contribution in [2.75, 3.05) is 16.8 Å². The Kier molecular flexibility index (Phi) is 5.05. The number of carbonyl (C=O) groups excluding carboxylic acids is 2. The maximum atomic E-state index is 12.0. The molecule has 0 aliphatic carbocycles. The molecule has 0 atom stereocenters. The van der Waals surface area contributed by atoms with Crippen molar-refractivity contribution in [2.45, 2.75) is 13.8 Å². The van der Waals surface area contributed by atoms with E-state index in [2.05, 4.69) is 10.5 Å². The number of hydrogen-bond acceptors (Lipinski definition) is 4. The van der Waals surface area contributed by atoms with Gasteiger partial charge in [-0.05, 0) is 25.1 Å². The molecule has 22 heavy (non-hydrogen) atoms. The van der Waals surface area contributed by atoms with Gasteiger partial charge in [0.15, 0.2) is 5.82 Å². The van der Waals surface area contributed by atoms with Crippen LogP contribution >= 0.6 is 23.2 Å².